The lowest BCUT2D eigenvalue weighted by Crippen LogP contribution is -2.15. The smallest absolute Gasteiger partial charge is 0.129 e. The van der Waals surface area contributed by atoms with Crippen LogP contribution in [0.4, 0.5) is 4.39 Å². The molecular formula is C16H17ClFNO. The van der Waals surface area contributed by atoms with Crippen molar-refractivity contribution >= 4 is 11.6 Å². The second kappa shape index (κ2) is 7.39. The molecule has 0 saturated carbocycles. The van der Waals surface area contributed by atoms with Crippen LogP contribution in [0.15, 0.2) is 42.5 Å². The highest BCUT2D eigenvalue weighted by molar-refractivity contribution is 6.30. The van der Waals surface area contributed by atoms with Crippen LogP contribution in [0.3, 0.4) is 0 Å². The Hall–Kier alpha value is -1.42. The third kappa shape index (κ3) is 4.04. The predicted molar refractivity (Wildman–Crippen MR) is 79.1 cm³/mol. The Morgan fingerprint density at radius 1 is 1.05 bits per heavy atom. The molecule has 0 aliphatic heterocycles. The fraction of sp³-hybridized carbons (Fsp3) is 0.250. The van der Waals surface area contributed by atoms with Crippen LogP contribution in [0.2, 0.25) is 5.02 Å². The minimum absolute atomic E-state index is 0.282. The monoisotopic (exact) mass is 293 g/mol. The summed E-state index contributed by atoms with van der Waals surface area (Å²) < 4.78 is 18.8. The third-order valence-electron chi connectivity index (χ3n) is 3.06. The van der Waals surface area contributed by atoms with E-state index in [1.165, 1.54) is 6.07 Å². The molecule has 1 N–H and O–H groups in total. The van der Waals surface area contributed by atoms with Gasteiger partial charge in [0.25, 0.3) is 0 Å². The molecule has 0 bridgehead atoms. The Bertz CT molecular complexity index is 574. The molecule has 2 nitrogen and oxygen atoms in total. The molecule has 4 heteroatoms. The summed E-state index contributed by atoms with van der Waals surface area (Å²) in [6, 6.07) is 12.8. The van der Waals surface area contributed by atoms with Crippen molar-refractivity contribution in [2.24, 2.45) is 0 Å². The number of hydrogen-bond acceptors (Lipinski definition) is 2. The van der Waals surface area contributed by atoms with Gasteiger partial charge >= 0.3 is 0 Å². The molecule has 0 heterocycles. The van der Waals surface area contributed by atoms with E-state index in [4.69, 9.17) is 16.3 Å². The molecule has 0 amide bonds. The van der Waals surface area contributed by atoms with Crippen LogP contribution in [0.1, 0.15) is 16.7 Å². The van der Waals surface area contributed by atoms with Crippen molar-refractivity contribution in [2.45, 2.75) is 19.7 Å². The number of hydrogen-bond donors (Lipinski definition) is 1. The summed E-state index contributed by atoms with van der Waals surface area (Å²) in [5.74, 6) is -0.282. The highest BCUT2D eigenvalue weighted by Crippen LogP contribution is 2.15. The average Bonchev–Trinajstić information content (AvgIpc) is 2.43. The van der Waals surface area contributed by atoms with E-state index in [1.54, 1.807) is 19.2 Å². The van der Waals surface area contributed by atoms with Crippen molar-refractivity contribution in [3.8, 4) is 0 Å². The van der Waals surface area contributed by atoms with Gasteiger partial charge in [-0.25, -0.2) is 4.39 Å². The number of ether oxygens (including phenoxy) is 1. The first-order chi connectivity index (χ1) is 9.70. The lowest BCUT2D eigenvalue weighted by atomic mass is 10.1. The van der Waals surface area contributed by atoms with Crippen LogP contribution in [-0.4, -0.2) is 7.11 Å². The van der Waals surface area contributed by atoms with Crippen LogP contribution in [0.5, 0.6) is 0 Å². The molecule has 0 spiro atoms. The third-order valence-corrected chi connectivity index (χ3v) is 3.30. The van der Waals surface area contributed by atoms with E-state index >= 15 is 0 Å². The number of halogens is 2. The van der Waals surface area contributed by atoms with E-state index in [-0.39, 0.29) is 5.82 Å². The Balaban J connectivity index is 1.96. The topological polar surface area (TPSA) is 21.3 Å². The van der Waals surface area contributed by atoms with Crippen LogP contribution >= 0.6 is 11.6 Å². The van der Waals surface area contributed by atoms with Gasteiger partial charge in [-0.1, -0.05) is 41.9 Å². The zero-order valence-corrected chi connectivity index (χ0v) is 12.1. The molecule has 0 unspecified atom stereocenters. The van der Waals surface area contributed by atoms with E-state index in [2.05, 4.69) is 5.32 Å². The van der Waals surface area contributed by atoms with Crippen LogP contribution in [-0.2, 0) is 24.4 Å². The molecule has 0 aliphatic rings. The van der Waals surface area contributed by atoms with Crippen molar-refractivity contribution in [3.05, 3.63) is 70.0 Å². The zero-order valence-electron chi connectivity index (χ0n) is 11.3. The second-order valence-corrected chi connectivity index (χ2v) is 4.98. The van der Waals surface area contributed by atoms with Gasteiger partial charge in [-0.2, -0.15) is 0 Å². The average molecular weight is 294 g/mol. The first-order valence-corrected chi connectivity index (χ1v) is 6.79. The highest BCUT2D eigenvalue weighted by atomic mass is 35.5. The number of methoxy groups -OCH3 is 1. The van der Waals surface area contributed by atoms with Crippen molar-refractivity contribution in [2.75, 3.05) is 7.11 Å². The van der Waals surface area contributed by atoms with Gasteiger partial charge in [0.1, 0.15) is 5.82 Å². The van der Waals surface area contributed by atoms with E-state index in [0.717, 1.165) is 11.1 Å². The van der Waals surface area contributed by atoms with Crippen molar-refractivity contribution < 1.29 is 9.13 Å². The van der Waals surface area contributed by atoms with E-state index < -0.39 is 0 Å². The minimum Gasteiger partial charge on any atom is -0.380 e. The molecule has 0 radical (unpaired) electrons. The van der Waals surface area contributed by atoms with Gasteiger partial charge in [0.15, 0.2) is 0 Å². The summed E-state index contributed by atoms with van der Waals surface area (Å²) in [5, 5.41) is 3.65. The molecule has 0 aromatic heterocycles. The zero-order chi connectivity index (χ0) is 14.4. The molecule has 20 heavy (non-hydrogen) atoms. The van der Waals surface area contributed by atoms with Crippen LogP contribution in [0, 0.1) is 5.82 Å². The van der Waals surface area contributed by atoms with E-state index in [9.17, 15) is 4.39 Å². The molecular weight excluding hydrogens is 277 g/mol. The van der Waals surface area contributed by atoms with Crippen LogP contribution in [0.25, 0.3) is 0 Å². The Kier molecular flexibility index (Phi) is 5.53. The van der Waals surface area contributed by atoms with Gasteiger partial charge < -0.3 is 10.1 Å². The maximum absolute atomic E-state index is 13.6. The van der Waals surface area contributed by atoms with Gasteiger partial charge in [-0.15, -0.1) is 0 Å². The van der Waals surface area contributed by atoms with Gasteiger partial charge in [-0.05, 0) is 23.3 Å². The lowest BCUT2D eigenvalue weighted by molar-refractivity contribution is 0.184. The molecule has 2 aromatic carbocycles. The van der Waals surface area contributed by atoms with Gasteiger partial charge in [0.05, 0.1) is 6.61 Å². The van der Waals surface area contributed by atoms with E-state index in [0.29, 0.717) is 30.3 Å². The maximum atomic E-state index is 13.6. The van der Waals surface area contributed by atoms with Gasteiger partial charge in [0.2, 0.25) is 0 Å². The van der Waals surface area contributed by atoms with Crippen molar-refractivity contribution in [1.82, 2.24) is 5.32 Å². The molecule has 2 aromatic rings. The highest BCUT2D eigenvalue weighted by Gasteiger charge is 2.04. The number of rotatable bonds is 6. The maximum Gasteiger partial charge on any atom is 0.129 e. The first kappa shape index (κ1) is 15.0. The summed E-state index contributed by atoms with van der Waals surface area (Å²) in [4.78, 5) is 0. The Morgan fingerprint density at radius 2 is 1.75 bits per heavy atom. The fourth-order valence-electron chi connectivity index (χ4n) is 2.02. The SMILES string of the molecule is COCc1ccccc1CNCc1ccc(Cl)cc1F. The lowest BCUT2D eigenvalue weighted by Gasteiger charge is -2.10. The molecule has 0 atom stereocenters. The Labute approximate surface area is 123 Å². The second-order valence-electron chi connectivity index (χ2n) is 4.54. The predicted octanol–water partition coefficient (Wildman–Crippen LogP) is 3.92. The normalized spacial score (nSPS) is 10.8. The number of nitrogens with one attached hydrogen (secondary N) is 1. The minimum atomic E-state index is -0.282. The molecule has 0 saturated heterocycles. The van der Waals surface area contributed by atoms with Gasteiger partial charge in [0, 0.05) is 30.8 Å². The first-order valence-electron chi connectivity index (χ1n) is 6.41. The largest absolute Gasteiger partial charge is 0.380 e. The molecule has 0 aliphatic carbocycles. The molecule has 0 fully saturated rings. The summed E-state index contributed by atoms with van der Waals surface area (Å²) in [6.45, 7) is 1.71. The fourth-order valence-corrected chi connectivity index (χ4v) is 2.18. The summed E-state index contributed by atoms with van der Waals surface area (Å²) >= 11 is 5.73. The summed E-state index contributed by atoms with van der Waals surface area (Å²) in [5.41, 5.74) is 2.90. The quantitative estimate of drug-likeness (QED) is 0.872. The van der Waals surface area contributed by atoms with Crippen molar-refractivity contribution in [3.63, 3.8) is 0 Å². The molecule has 2 rings (SSSR count). The summed E-state index contributed by atoms with van der Waals surface area (Å²) in [7, 11) is 1.67. The van der Waals surface area contributed by atoms with Crippen molar-refractivity contribution in [1.29, 1.82) is 0 Å². The van der Waals surface area contributed by atoms with Gasteiger partial charge in [-0.3, -0.25) is 0 Å². The van der Waals surface area contributed by atoms with E-state index in [1.807, 2.05) is 24.3 Å². The number of benzene rings is 2. The molecule has 106 valence electrons. The summed E-state index contributed by atoms with van der Waals surface area (Å²) in [6.07, 6.45) is 0. The Morgan fingerprint density at radius 3 is 2.45 bits per heavy atom. The van der Waals surface area contributed by atoms with Crippen LogP contribution < -0.4 is 5.32 Å². The standard InChI is InChI=1S/C16H17ClFNO/c1-20-11-14-5-3-2-4-12(14)9-19-10-13-6-7-15(17)8-16(13)18/h2-8,19H,9-11H2,1H3.